The molecule has 4 aliphatic rings. The predicted octanol–water partition coefficient (Wildman–Crippen LogP) is 2.56. The van der Waals surface area contributed by atoms with Gasteiger partial charge in [0.05, 0.1) is 24.0 Å². The maximum atomic E-state index is 13.3. The van der Waals surface area contributed by atoms with E-state index in [-0.39, 0.29) is 37.7 Å². The fraction of sp³-hybridized carbons (Fsp3) is 0.708. The number of esters is 2. The Morgan fingerprint density at radius 1 is 1.16 bits per heavy atom. The van der Waals surface area contributed by atoms with E-state index < -0.39 is 34.2 Å². The van der Waals surface area contributed by atoms with E-state index in [1.54, 1.807) is 20.1 Å². The molecular weight excluding hydrogens is 416 g/mol. The molecule has 4 rings (SSSR count). The zero-order chi connectivity index (χ0) is 23.3. The lowest BCUT2D eigenvalue weighted by Gasteiger charge is -2.43. The highest BCUT2D eigenvalue weighted by Crippen LogP contribution is 2.73. The fourth-order valence-corrected chi connectivity index (χ4v) is 7.14. The first-order valence-electron chi connectivity index (χ1n) is 11.0. The molecule has 0 radical (unpaired) electrons. The minimum atomic E-state index is -1.19. The summed E-state index contributed by atoms with van der Waals surface area (Å²) in [5, 5.41) is 0. The van der Waals surface area contributed by atoms with E-state index in [9.17, 15) is 14.4 Å². The Bertz CT molecular complexity index is 877. The van der Waals surface area contributed by atoms with Gasteiger partial charge >= 0.3 is 11.9 Å². The largest absolute Gasteiger partial charge is 0.469 e. The Balaban J connectivity index is 1.83. The van der Waals surface area contributed by atoms with E-state index in [1.165, 1.54) is 14.2 Å². The average Bonchev–Trinajstić information content (AvgIpc) is 3.16. The average molecular weight is 449 g/mol. The minimum Gasteiger partial charge on any atom is -0.469 e. The summed E-state index contributed by atoms with van der Waals surface area (Å²) in [7, 11) is 4.37. The molecule has 0 unspecified atom stereocenters. The van der Waals surface area contributed by atoms with Crippen LogP contribution in [0.25, 0.3) is 0 Å². The number of carbonyl (C=O) groups is 3. The van der Waals surface area contributed by atoms with Crippen molar-refractivity contribution in [3.63, 3.8) is 0 Å². The van der Waals surface area contributed by atoms with Crippen LogP contribution >= 0.6 is 0 Å². The number of ether oxygens (including phenoxy) is 5. The summed E-state index contributed by atoms with van der Waals surface area (Å²) < 4.78 is 26.8. The van der Waals surface area contributed by atoms with Crippen LogP contribution in [0.5, 0.6) is 0 Å². The zero-order valence-corrected chi connectivity index (χ0v) is 19.2. The van der Waals surface area contributed by atoms with Crippen LogP contribution in [0.1, 0.15) is 39.0 Å². The van der Waals surface area contributed by atoms with Gasteiger partial charge < -0.3 is 23.7 Å². The number of rotatable bonds is 7. The van der Waals surface area contributed by atoms with Crippen molar-refractivity contribution in [3.05, 3.63) is 23.8 Å². The molecule has 0 aromatic heterocycles. The molecule has 2 bridgehead atoms. The predicted molar refractivity (Wildman–Crippen MR) is 112 cm³/mol. The molecule has 4 aliphatic carbocycles. The van der Waals surface area contributed by atoms with Gasteiger partial charge in [-0.15, -0.1) is 0 Å². The Hall–Kier alpha value is -2.03. The van der Waals surface area contributed by atoms with Gasteiger partial charge in [-0.1, -0.05) is 12.2 Å². The molecule has 3 saturated carbocycles. The summed E-state index contributed by atoms with van der Waals surface area (Å²) in [5.41, 5.74) is -0.502. The molecule has 0 heterocycles. The second-order valence-corrected chi connectivity index (χ2v) is 9.85. The van der Waals surface area contributed by atoms with Crippen LogP contribution in [0.3, 0.4) is 0 Å². The van der Waals surface area contributed by atoms with E-state index in [0.717, 1.165) is 24.0 Å². The summed E-state index contributed by atoms with van der Waals surface area (Å²) in [4.78, 5) is 39.3. The lowest BCUT2D eigenvalue weighted by Crippen LogP contribution is -2.48. The third-order valence-corrected chi connectivity index (χ3v) is 8.28. The quantitative estimate of drug-likeness (QED) is 0.333. The molecule has 8 nitrogen and oxygen atoms in total. The van der Waals surface area contributed by atoms with Crippen molar-refractivity contribution in [2.45, 2.75) is 44.6 Å². The lowest BCUT2D eigenvalue weighted by atomic mass is 9.61. The third kappa shape index (κ3) is 3.10. The van der Waals surface area contributed by atoms with Crippen molar-refractivity contribution in [2.24, 2.45) is 28.6 Å². The first-order chi connectivity index (χ1) is 15.2. The van der Waals surface area contributed by atoms with E-state index >= 15 is 0 Å². The number of hydrogen-bond acceptors (Lipinski definition) is 8. The molecule has 0 saturated heterocycles. The number of fused-ring (bicyclic) bond motifs is 3. The molecule has 0 aliphatic heterocycles. The molecule has 8 heteroatoms. The van der Waals surface area contributed by atoms with Crippen molar-refractivity contribution >= 4 is 17.7 Å². The number of methoxy groups -OCH3 is 3. The molecular formula is C24H32O8. The van der Waals surface area contributed by atoms with Crippen LogP contribution in [0.15, 0.2) is 23.8 Å². The number of carbonyl (C=O) groups excluding carboxylic acids is 3. The van der Waals surface area contributed by atoms with Gasteiger partial charge in [0.15, 0.2) is 12.6 Å². The Morgan fingerprint density at radius 3 is 2.53 bits per heavy atom. The van der Waals surface area contributed by atoms with Gasteiger partial charge in [0.2, 0.25) is 0 Å². The van der Waals surface area contributed by atoms with Crippen LogP contribution in [0.4, 0.5) is 0 Å². The first kappa shape index (κ1) is 23.1. The second-order valence-electron chi connectivity index (χ2n) is 9.85. The van der Waals surface area contributed by atoms with Gasteiger partial charge in [-0.05, 0) is 55.6 Å². The van der Waals surface area contributed by atoms with Crippen molar-refractivity contribution < 1.29 is 38.1 Å². The van der Waals surface area contributed by atoms with Crippen LogP contribution in [0, 0.1) is 28.6 Å². The lowest BCUT2D eigenvalue weighted by molar-refractivity contribution is -0.175. The molecule has 3 fully saturated rings. The highest BCUT2D eigenvalue weighted by Gasteiger charge is 2.73. The molecule has 32 heavy (non-hydrogen) atoms. The highest BCUT2D eigenvalue weighted by molar-refractivity contribution is 5.98. The monoisotopic (exact) mass is 448 g/mol. The molecule has 0 N–H and O–H groups in total. The van der Waals surface area contributed by atoms with Gasteiger partial charge in [0, 0.05) is 26.6 Å². The van der Waals surface area contributed by atoms with Crippen LogP contribution < -0.4 is 0 Å². The first-order valence-corrected chi connectivity index (χ1v) is 11.0. The molecule has 0 aromatic carbocycles. The van der Waals surface area contributed by atoms with Crippen molar-refractivity contribution in [1.29, 1.82) is 0 Å². The summed E-state index contributed by atoms with van der Waals surface area (Å²) in [6.07, 6.45) is 4.25. The Kier molecular flexibility index (Phi) is 5.84. The van der Waals surface area contributed by atoms with Crippen molar-refractivity contribution in [2.75, 3.05) is 34.9 Å². The molecule has 6 atom stereocenters. The van der Waals surface area contributed by atoms with E-state index in [4.69, 9.17) is 23.7 Å². The fourth-order valence-electron chi connectivity index (χ4n) is 7.14. The van der Waals surface area contributed by atoms with Gasteiger partial charge in [-0.3, -0.25) is 14.4 Å². The van der Waals surface area contributed by atoms with Gasteiger partial charge in [0.1, 0.15) is 6.79 Å². The van der Waals surface area contributed by atoms with Crippen molar-refractivity contribution in [1.82, 2.24) is 0 Å². The SMILES string of the molecule is C=C1C[C@]23C[C@@]1(OCOC)CC[C@H]2C1=CC(=O)C[C@@](C)(C(=O)OCOC)[C@H]1[C@@H]3C(=O)OC. The molecule has 176 valence electrons. The third-order valence-electron chi connectivity index (χ3n) is 8.28. The standard InChI is InChI=1S/C24H32O8/c1-14-9-23-11-24(14,32-13-29-4)7-6-17(23)16-8-15(25)10-22(2,21(27)31-12-28-3)18(16)19(23)20(26)30-5/h8,17-19H,1,6-7,9-13H2,2-5H3/t17-,18+,19+,22+,23-,24-/m0/s1. The second kappa shape index (κ2) is 8.08. The van der Waals surface area contributed by atoms with E-state index in [0.29, 0.717) is 12.8 Å². The smallest absolute Gasteiger partial charge is 0.314 e. The van der Waals surface area contributed by atoms with Crippen molar-refractivity contribution in [3.8, 4) is 0 Å². The maximum Gasteiger partial charge on any atom is 0.314 e. The van der Waals surface area contributed by atoms with Gasteiger partial charge in [-0.25, -0.2) is 0 Å². The highest BCUT2D eigenvalue weighted by atomic mass is 16.7. The topological polar surface area (TPSA) is 97.4 Å². The zero-order valence-electron chi connectivity index (χ0n) is 19.2. The molecule has 0 aromatic rings. The molecule has 0 amide bonds. The normalized spacial score (nSPS) is 39.9. The van der Waals surface area contributed by atoms with Gasteiger partial charge in [0.25, 0.3) is 0 Å². The number of ketones is 1. The maximum absolute atomic E-state index is 13.3. The number of hydrogen-bond donors (Lipinski definition) is 0. The van der Waals surface area contributed by atoms with E-state index in [1.807, 2.05) is 0 Å². The summed E-state index contributed by atoms with van der Waals surface area (Å²) in [6, 6.07) is 0. The summed E-state index contributed by atoms with van der Waals surface area (Å²) in [6.45, 7) is 5.96. The van der Waals surface area contributed by atoms with E-state index in [2.05, 4.69) is 6.58 Å². The molecule has 1 spiro atoms. The summed E-state index contributed by atoms with van der Waals surface area (Å²) >= 11 is 0. The van der Waals surface area contributed by atoms with Crippen LogP contribution in [0.2, 0.25) is 0 Å². The minimum absolute atomic E-state index is 0.0216. The Morgan fingerprint density at radius 2 is 1.88 bits per heavy atom. The van der Waals surface area contributed by atoms with Gasteiger partial charge in [-0.2, -0.15) is 0 Å². The summed E-state index contributed by atoms with van der Waals surface area (Å²) in [5.74, 6) is -2.17. The van der Waals surface area contributed by atoms with Crippen LogP contribution in [-0.2, 0) is 38.1 Å². The number of allylic oxidation sites excluding steroid dienone is 2. The Labute approximate surface area is 188 Å². The van der Waals surface area contributed by atoms with Crippen LogP contribution in [-0.4, -0.2) is 58.2 Å².